The summed E-state index contributed by atoms with van der Waals surface area (Å²) in [5.74, 6) is 0.705. The molecule has 0 aliphatic rings. The van der Waals surface area contributed by atoms with Crippen molar-refractivity contribution in [3.8, 4) is 5.75 Å². The van der Waals surface area contributed by atoms with Gasteiger partial charge in [-0.25, -0.2) is 0 Å². The van der Waals surface area contributed by atoms with E-state index in [1.807, 2.05) is 18.2 Å². The first-order chi connectivity index (χ1) is 8.70. The second-order valence-electron chi connectivity index (χ2n) is 4.66. The molecule has 2 rings (SSSR count). The Morgan fingerprint density at radius 1 is 1.33 bits per heavy atom. The minimum absolute atomic E-state index is 0.283. The molecule has 1 N–H and O–H groups in total. The predicted molar refractivity (Wildman–Crippen MR) is 75.1 cm³/mol. The van der Waals surface area contributed by atoms with Crippen LogP contribution in [0.1, 0.15) is 6.42 Å². The zero-order chi connectivity index (χ0) is 13.0. The van der Waals surface area contributed by atoms with Crippen molar-refractivity contribution in [2.75, 3.05) is 20.6 Å². The van der Waals surface area contributed by atoms with Crippen LogP contribution in [0.5, 0.6) is 5.75 Å². The highest BCUT2D eigenvalue weighted by Crippen LogP contribution is 2.22. The van der Waals surface area contributed by atoms with Gasteiger partial charge in [0.15, 0.2) is 0 Å². The van der Waals surface area contributed by atoms with Crippen molar-refractivity contribution >= 4 is 18.6 Å². The summed E-state index contributed by atoms with van der Waals surface area (Å²) in [6.07, 6.45) is 3.23. The van der Waals surface area contributed by atoms with E-state index in [0.717, 1.165) is 24.9 Å². The molecule has 0 aliphatic carbocycles. The summed E-state index contributed by atoms with van der Waals surface area (Å²) in [6.45, 7) is 2.10. The lowest BCUT2D eigenvalue weighted by Crippen LogP contribution is -2.14. The van der Waals surface area contributed by atoms with E-state index < -0.39 is 0 Å². The zero-order valence-electron chi connectivity index (χ0n) is 11.0. The summed E-state index contributed by atoms with van der Waals surface area (Å²) in [6, 6.07) is 7.96. The van der Waals surface area contributed by atoms with Crippen molar-refractivity contribution < 1.29 is 9.68 Å². The van der Waals surface area contributed by atoms with Gasteiger partial charge in [0.05, 0.1) is 0 Å². The monoisotopic (exact) mass is 246 g/mol. The number of rotatable bonds is 6. The molecule has 1 heterocycles. The quantitative estimate of drug-likeness (QED) is 0.779. The highest BCUT2D eigenvalue weighted by molar-refractivity contribution is 6.17. The second kappa shape index (κ2) is 5.93. The van der Waals surface area contributed by atoms with Crippen LogP contribution in [0.2, 0.25) is 0 Å². The Morgan fingerprint density at radius 2 is 2.17 bits per heavy atom. The fourth-order valence-corrected chi connectivity index (χ4v) is 2.09. The molecule has 0 saturated heterocycles. The Morgan fingerprint density at radius 3 is 2.89 bits per heavy atom. The molecular weight excluding hydrogens is 227 g/mol. The molecule has 18 heavy (non-hydrogen) atoms. The number of aromatic nitrogens is 1. The fraction of sp³-hybridized carbons (Fsp3) is 0.385. The van der Waals surface area contributed by atoms with Crippen LogP contribution in [0, 0.1) is 0 Å². The van der Waals surface area contributed by atoms with Crippen molar-refractivity contribution in [1.29, 1.82) is 0 Å². The molecule has 0 spiro atoms. The lowest BCUT2D eigenvalue weighted by molar-refractivity contribution is 0.388. The molecule has 0 radical (unpaired) electrons. The van der Waals surface area contributed by atoms with E-state index in [1.165, 1.54) is 5.52 Å². The third-order valence-corrected chi connectivity index (χ3v) is 2.98. The van der Waals surface area contributed by atoms with Crippen molar-refractivity contribution in [3.05, 3.63) is 30.5 Å². The van der Waals surface area contributed by atoms with Gasteiger partial charge >= 0.3 is 7.69 Å². The highest BCUT2D eigenvalue weighted by atomic mass is 16.5. The Hall–Kier alpha value is -1.46. The van der Waals surface area contributed by atoms with Crippen LogP contribution in [-0.4, -0.2) is 42.8 Å². The van der Waals surface area contributed by atoms with Gasteiger partial charge in [-0.05, 0) is 51.3 Å². The van der Waals surface area contributed by atoms with Gasteiger partial charge in [0.25, 0.3) is 0 Å². The van der Waals surface area contributed by atoms with Crippen LogP contribution < -0.4 is 4.65 Å². The highest BCUT2D eigenvalue weighted by Gasteiger charge is 2.03. The van der Waals surface area contributed by atoms with E-state index in [-0.39, 0.29) is 7.69 Å². The van der Waals surface area contributed by atoms with Crippen LogP contribution in [0.3, 0.4) is 0 Å². The van der Waals surface area contributed by atoms with Gasteiger partial charge < -0.3 is 19.1 Å². The zero-order valence-corrected chi connectivity index (χ0v) is 11.0. The first-order valence-electron chi connectivity index (χ1n) is 6.18. The van der Waals surface area contributed by atoms with Gasteiger partial charge in [0, 0.05) is 23.6 Å². The van der Waals surface area contributed by atoms with Crippen molar-refractivity contribution in [3.63, 3.8) is 0 Å². The second-order valence-corrected chi connectivity index (χ2v) is 4.66. The van der Waals surface area contributed by atoms with Gasteiger partial charge in [-0.3, -0.25) is 0 Å². The largest absolute Gasteiger partial charge is 0.539 e. The van der Waals surface area contributed by atoms with E-state index in [2.05, 4.69) is 35.8 Å². The molecule has 0 saturated carbocycles. The molecule has 96 valence electrons. The number of nitrogens with zero attached hydrogens (tertiary/aromatic N) is 2. The van der Waals surface area contributed by atoms with E-state index >= 15 is 0 Å². The third-order valence-electron chi connectivity index (χ3n) is 2.98. The summed E-state index contributed by atoms with van der Waals surface area (Å²) < 4.78 is 7.33. The first-order valence-corrected chi connectivity index (χ1v) is 6.18. The van der Waals surface area contributed by atoms with Crippen molar-refractivity contribution in [2.24, 2.45) is 0 Å². The summed E-state index contributed by atoms with van der Waals surface area (Å²) in [7, 11) is 3.90. The molecule has 0 fully saturated rings. The molecule has 0 unspecified atom stereocenters. The molecule has 0 amide bonds. The molecule has 5 heteroatoms. The van der Waals surface area contributed by atoms with E-state index in [9.17, 15) is 0 Å². The summed E-state index contributed by atoms with van der Waals surface area (Å²) >= 11 is 0. The molecule has 1 aromatic heterocycles. The van der Waals surface area contributed by atoms with Crippen molar-refractivity contribution in [1.82, 2.24) is 9.47 Å². The number of hydrogen-bond acceptors (Lipinski definition) is 3. The molecule has 0 aliphatic heterocycles. The molecule has 2 aromatic rings. The maximum Gasteiger partial charge on any atom is 0.504 e. The average molecular weight is 246 g/mol. The van der Waals surface area contributed by atoms with Crippen molar-refractivity contribution in [2.45, 2.75) is 13.0 Å². The smallest absolute Gasteiger partial charge is 0.504 e. The van der Waals surface area contributed by atoms with Crippen LogP contribution in [-0.2, 0) is 6.54 Å². The topological polar surface area (TPSA) is 37.6 Å². The Bertz CT molecular complexity index is 511. The van der Waals surface area contributed by atoms with Gasteiger partial charge in [0.1, 0.15) is 5.75 Å². The van der Waals surface area contributed by atoms with Gasteiger partial charge in [-0.2, -0.15) is 0 Å². The van der Waals surface area contributed by atoms with Crippen LogP contribution in [0.15, 0.2) is 30.5 Å². The number of aryl methyl sites for hydroxylation is 1. The van der Waals surface area contributed by atoms with Crippen LogP contribution in [0.25, 0.3) is 10.9 Å². The lowest BCUT2D eigenvalue weighted by atomic mass is 10.2. The van der Waals surface area contributed by atoms with E-state index in [0.29, 0.717) is 5.75 Å². The number of benzene rings is 1. The molecule has 0 bridgehead atoms. The predicted octanol–water partition coefficient (Wildman–Crippen LogP) is 1.23. The Kier molecular flexibility index (Phi) is 4.28. The van der Waals surface area contributed by atoms with E-state index in [4.69, 9.17) is 9.68 Å². The van der Waals surface area contributed by atoms with Gasteiger partial charge in [-0.15, -0.1) is 0 Å². The lowest BCUT2D eigenvalue weighted by Gasteiger charge is -2.10. The standard InChI is InChI=1S/C13H19BN2O2/c1-15(2)7-3-8-16-9-6-11-10-12(18-14-17)4-5-13(11)16/h4-6,9-10,14,17H,3,7-8H2,1-2H3. The molecular formula is C13H19BN2O2. The molecule has 4 nitrogen and oxygen atoms in total. The Balaban J connectivity index is 2.10. The van der Waals surface area contributed by atoms with E-state index in [1.54, 1.807) is 0 Å². The minimum atomic E-state index is -0.283. The first kappa shape index (κ1) is 13.0. The normalized spacial score (nSPS) is 11.1. The minimum Gasteiger partial charge on any atom is -0.539 e. The maximum atomic E-state index is 8.73. The Labute approximate surface area is 108 Å². The van der Waals surface area contributed by atoms with Gasteiger partial charge in [0.2, 0.25) is 0 Å². The SMILES string of the molecule is CN(C)CCCn1ccc2cc(OBO)ccc21. The van der Waals surface area contributed by atoms with Gasteiger partial charge in [-0.1, -0.05) is 0 Å². The number of fused-ring (bicyclic) bond motifs is 1. The van der Waals surface area contributed by atoms with Crippen LogP contribution >= 0.6 is 0 Å². The fourth-order valence-electron chi connectivity index (χ4n) is 2.09. The summed E-state index contributed by atoms with van der Waals surface area (Å²) in [4.78, 5) is 2.19. The summed E-state index contributed by atoms with van der Waals surface area (Å²) in [5.41, 5.74) is 1.21. The average Bonchev–Trinajstić information content (AvgIpc) is 2.72. The number of hydrogen-bond donors (Lipinski definition) is 1. The van der Waals surface area contributed by atoms with Crippen LogP contribution in [0.4, 0.5) is 0 Å². The molecule has 1 aromatic carbocycles. The third kappa shape index (κ3) is 3.06. The maximum absolute atomic E-state index is 8.73. The molecule has 0 atom stereocenters. The summed E-state index contributed by atoms with van der Waals surface area (Å²) in [5, 5.41) is 9.88.